The Morgan fingerprint density at radius 2 is 1.74 bits per heavy atom. The number of amides is 2. The van der Waals surface area contributed by atoms with Gasteiger partial charge in [0.1, 0.15) is 17.5 Å². The fourth-order valence-corrected chi connectivity index (χ4v) is 4.30. The maximum atomic E-state index is 13.3. The van der Waals surface area contributed by atoms with Gasteiger partial charge in [0.05, 0.1) is 0 Å². The Kier molecular flexibility index (Phi) is 7.54. The molecule has 2 fully saturated rings. The SMILES string of the molecule is C[C@H](C(=O)N1CCN(C2CCN(C)CC2)CC1)N(C(=O)OC(C)(C)C)c1ccccn1. The lowest BCUT2D eigenvalue weighted by atomic mass is 10.0. The van der Waals surface area contributed by atoms with Gasteiger partial charge in [-0.1, -0.05) is 6.07 Å². The molecule has 2 aliphatic rings. The predicted molar refractivity (Wildman–Crippen MR) is 121 cm³/mol. The third kappa shape index (κ3) is 6.17. The van der Waals surface area contributed by atoms with E-state index in [0.717, 1.165) is 26.2 Å². The topological polar surface area (TPSA) is 69.2 Å². The van der Waals surface area contributed by atoms with E-state index < -0.39 is 17.7 Å². The summed E-state index contributed by atoms with van der Waals surface area (Å²) in [6.45, 7) is 12.6. The average molecular weight is 432 g/mol. The molecule has 3 rings (SSSR count). The molecule has 0 unspecified atom stereocenters. The number of piperidine rings is 1. The quantitative estimate of drug-likeness (QED) is 0.729. The molecule has 172 valence electrons. The van der Waals surface area contributed by atoms with E-state index in [1.807, 2.05) is 25.7 Å². The first-order valence-electron chi connectivity index (χ1n) is 11.3. The van der Waals surface area contributed by atoms with Crippen LogP contribution in [0.25, 0.3) is 0 Å². The Bertz CT molecular complexity index is 735. The monoisotopic (exact) mass is 431 g/mol. The minimum atomic E-state index is -0.695. The van der Waals surface area contributed by atoms with Gasteiger partial charge in [0.25, 0.3) is 0 Å². The highest BCUT2D eigenvalue weighted by Gasteiger charge is 2.36. The fraction of sp³-hybridized carbons (Fsp3) is 0.696. The molecule has 8 nitrogen and oxygen atoms in total. The Morgan fingerprint density at radius 3 is 2.29 bits per heavy atom. The van der Waals surface area contributed by atoms with Crippen LogP contribution in [0.3, 0.4) is 0 Å². The van der Waals surface area contributed by atoms with Gasteiger partial charge in [-0.15, -0.1) is 0 Å². The second-order valence-corrected chi connectivity index (χ2v) is 9.61. The van der Waals surface area contributed by atoms with E-state index in [9.17, 15) is 9.59 Å². The molecule has 1 atom stereocenters. The van der Waals surface area contributed by atoms with Gasteiger partial charge in [-0.2, -0.15) is 0 Å². The summed E-state index contributed by atoms with van der Waals surface area (Å²) >= 11 is 0. The molecule has 3 heterocycles. The second kappa shape index (κ2) is 9.96. The van der Waals surface area contributed by atoms with Crippen LogP contribution in [0.2, 0.25) is 0 Å². The predicted octanol–water partition coefficient (Wildman–Crippen LogP) is 2.45. The molecule has 0 N–H and O–H groups in total. The van der Waals surface area contributed by atoms with Crippen molar-refractivity contribution in [1.29, 1.82) is 0 Å². The lowest BCUT2D eigenvalue weighted by Gasteiger charge is -2.43. The summed E-state index contributed by atoms with van der Waals surface area (Å²) in [4.78, 5) is 38.7. The number of ether oxygens (including phenoxy) is 1. The van der Waals surface area contributed by atoms with Crippen LogP contribution >= 0.6 is 0 Å². The maximum absolute atomic E-state index is 13.3. The number of carbonyl (C=O) groups excluding carboxylic acids is 2. The zero-order valence-corrected chi connectivity index (χ0v) is 19.6. The van der Waals surface area contributed by atoms with Crippen LogP contribution in [0.15, 0.2) is 24.4 Å². The van der Waals surface area contributed by atoms with Gasteiger partial charge in [0.2, 0.25) is 5.91 Å². The lowest BCUT2D eigenvalue weighted by molar-refractivity contribution is -0.134. The summed E-state index contributed by atoms with van der Waals surface area (Å²) in [5, 5.41) is 0. The van der Waals surface area contributed by atoms with Crippen molar-refractivity contribution in [3.63, 3.8) is 0 Å². The summed E-state index contributed by atoms with van der Waals surface area (Å²) in [5.41, 5.74) is -0.660. The first kappa shape index (κ1) is 23.5. The molecular weight excluding hydrogens is 394 g/mol. The molecule has 2 amide bonds. The Balaban J connectivity index is 1.65. The number of rotatable bonds is 4. The first-order valence-corrected chi connectivity index (χ1v) is 11.3. The summed E-state index contributed by atoms with van der Waals surface area (Å²) in [5.74, 6) is 0.349. The average Bonchev–Trinajstić information content (AvgIpc) is 2.73. The summed E-state index contributed by atoms with van der Waals surface area (Å²) < 4.78 is 5.58. The minimum absolute atomic E-state index is 0.0699. The van der Waals surface area contributed by atoms with Crippen molar-refractivity contribution < 1.29 is 14.3 Å². The number of nitrogens with zero attached hydrogens (tertiary/aromatic N) is 5. The third-order valence-corrected chi connectivity index (χ3v) is 6.06. The van der Waals surface area contributed by atoms with Crippen LogP contribution in [0, 0.1) is 0 Å². The number of likely N-dealkylation sites (tertiary alicyclic amines) is 1. The van der Waals surface area contributed by atoms with E-state index in [1.165, 1.54) is 17.7 Å². The summed E-state index contributed by atoms with van der Waals surface area (Å²) in [6, 6.07) is 5.23. The van der Waals surface area contributed by atoms with Gasteiger partial charge < -0.3 is 14.5 Å². The van der Waals surface area contributed by atoms with Crippen molar-refractivity contribution in [2.45, 2.75) is 58.2 Å². The van der Waals surface area contributed by atoms with E-state index in [2.05, 4.69) is 21.8 Å². The van der Waals surface area contributed by atoms with Gasteiger partial charge in [-0.05, 0) is 72.8 Å². The summed E-state index contributed by atoms with van der Waals surface area (Å²) in [6.07, 6.45) is 3.43. The number of piperazine rings is 1. The highest BCUT2D eigenvalue weighted by Crippen LogP contribution is 2.22. The van der Waals surface area contributed by atoms with Gasteiger partial charge in [-0.25, -0.2) is 14.7 Å². The van der Waals surface area contributed by atoms with E-state index in [1.54, 1.807) is 31.3 Å². The van der Waals surface area contributed by atoms with Gasteiger partial charge in [0, 0.05) is 38.4 Å². The van der Waals surface area contributed by atoms with Crippen LogP contribution in [0.4, 0.5) is 10.6 Å². The smallest absolute Gasteiger partial charge is 0.416 e. The molecule has 2 saturated heterocycles. The molecule has 1 aromatic heterocycles. The number of hydrogen-bond acceptors (Lipinski definition) is 6. The minimum Gasteiger partial charge on any atom is -0.443 e. The van der Waals surface area contributed by atoms with Crippen molar-refractivity contribution in [2.75, 3.05) is 51.2 Å². The second-order valence-electron chi connectivity index (χ2n) is 9.61. The number of aromatic nitrogens is 1. The van der Waals surface area contributed by atoms with Crippen LogP contribution in [-0.2, 0) is 9.53 Å². The first-order chi connectivity index (χ1) is 14.7. The third-order valence-electron chi connectivity index (χ3n) is 6.06. The van der Waals surface area contributed by atoms with E-state index in [4.69, 9.17) is 4.74 Å². The van der Waals surface area contributed by atoms with E-state index in [-0.39, 0.29) is 5.91 Å². The molecule has 2 aliphatic heterocycles. The normalized spacial score (nSPS) is 20.4. The van der Waals surface area contributed by atoms with Gasteiger partial charge in [-0.3, -0.25) is 9.69 Å². The Labute approximate surface area is 186 Å². The lowest BCUT2D eigenvalue weighted by Crippen LogP contribution is -2.58. The molecular formula is C23H37N5O3. The van der Waals surface area contributed by atoms with Crippen LogP contribution in [-0.4, -0.2) is 95.7 Å². The molecule has 31 heavy (non-hydrogen) atoms. The highest BCUT2D eigenvalue weighted by atomic mass is 16.6. The van der Waals surface area contributed by atoms with Crippen LogP contribution < -0.4 is 4.90 Å². The van der Waals surface area contributed by atoms with Gasteiger partial charge in [0.15, 0.2) is 0 Å². The molecule has 0 bridgehead atoms. The molecule has 0 spiro atoms. The van der Waals surface area contributed by atoms with Crippen molar-refractivity contribution in [2.24, 2.45) is 0 Å². The molecule has 0 aliphatic carbocycles. The van der Waals surface area contributed by atoms with Crippen LogP contribution in [0.5, 0.6) is 0 Å². The molecule has 0 saturated carbocycles. The van der Waals surface area contributed by atoms with Crippen molar-refractivity contribution in [3.05, 3.63) is 24.4 Å². The zero-order chi connectivity index (χ0) is 22.6. The zero-order valence-electron chi connectivity index (χ0n) is 19.6. The molecule has 8 heteroatoms. The Morgan fingerprint density at radius 1 is 1.10 bits per heavy atom. The molecule has 0 aromatic carbocycles. The number of pyridine rings is 1. The number of anilines is 1. The maximum Gasteiger partial charge on any atom is 0.416 e. The van der Waals surface area contributed by atoms with Gasteiger partial charge >= 0.3 is 6.09 Å². The van der Waals surface area contributed by atoms with E-state index in [0.29, 0.717) is 24.9 Å². The standard InChI is InChI=1S/C23H37N5O3/c1-18(28(20-8-6-7-11-24-20)22(30)31-23(2,3)4)21(29)27-16-14-26(15-17-27)19-9-12-25(5)13-10-19/h6-8,11,18-19H,9-10,12-17H2,1-5H3/t18-/m1/s1. The van der Waals surface area contributed by atoms with Crippen molar-refractivity contribution in [1.82, 2.24) is 19.7 Å². The molecule has 0 radical (unpaired) electrons. The van der Waals surface area contributed by atoms with Crippen LogP contribution in [0.1, 0.15) is 40.5 Å². The number of carbonyl (C=O) groups is 2. The molecule has 1 aromatic rings. The Hall–Kier alpha value is -2.19. The van der Waals surface area contributed by atoms with E-state index >= 15 is 0 Å². The fourth-order valence-electron chi connectivity index (χ4n) is 4.30. The van der Waals surface area contributed by atoms with Crippen molar-refractivity contribution >= 4 is 17.8 Å². The highest BCUT2D eigenvalue weighted by molar-refractivity contribution is 5.96. The summed E-state index contributed by atoms with van der Waals surface area (Å²) in [7, 11) is 2.17. The number of hydrogen-bond donors (Lipinski definition) is 0. The largest absolute Gasteiger partial charge is 0.443 e. The van der Waals surface area contributed by atoms with Crippen molar-refractivity contribution in [3.8, 4) is 0 Å².